The predicted molar refractivity (Wildman–Crippen MR) is 92.1 cm³/mol. The zero-order valence-electron chi connectivity index (χ0n) is 14.9. The van der Waals surface area contributed by atoms with Crippen LogP contribution in [0.3, 0.4) is 0 Å². The van der Waals surface area contributed by atoms with Crippen LogP contribution >= 0.6 is 0 Å². The molecule has 0 aromatic heterocycles. The molecule has 0 radical (unpaired) electrons. The van der Waals surface area contributed by atoms with E-state index in [1.807, 2.05) is 7.11 Å². The topological polar surface area (TPSA) is 21.3 Å². The van der Waals surface area contributed by atoms with Crippen LogP contribution in [0.4, 0.5) is 0 Å². The molecule has 2 nitrogen and oxygen atoms in total. The first-order valence-electron chi connectivity index (χ1n) is 8.23. The molecule has 0 heterocycles. The standard InChI is InChI=1S/C19H33NO/c1-8-9-20-18(19(21-7)13(2)3)12-17-15(5)10-14(4)11-16(17)6/h10-11,13,18-20H,8-9,12H2,1-7H3. The van der Waals surface area contributed by atoms with Crippen molar-refractivity contribution >= 4 is 0 Å². The highest BCUT2D eigenvalue weighted by atomic mass is 16.5. The number of aryl methyl sites for hydroxylation is 3. The van der Waals surface area contributed by atoms with Crippen LogP contribution < -0.4 is 5.32 Å². The highest BCUT2D eigenvalue weighted by Crippen LogP contribution is 2.21. The average Bonchev–Trinajstić information content (AvgIpc) is 2.39. The molecule has 0 saturated heterocycles. The zero-order valence-corrected chi connectivity index (χ0v) is 14.9. The van der Waals surface area contributed by atoms with Crippen LogP contribution in [-0.4, -0.2) is 25.8 Å². The molecule has 120 valence electrons. The molecule has 1 aromatic rings. The lowest BCUT2D eigenvalue weighted by Crippen LogP contribution is -2.45. The number of rotatable bonds is 8. The van der Waals surface area contributed by atoms with Crippen molar-refractivity contribution < 1.29 is 4.74 Å². The number of benzene rings is 1. The summed E-state index contributed by atoms with van der Waals surface area (Å²) in [5.41, 5.74) is 5.61. The third-order valence-electron chi connectivity index (χ3n) is 4.25. The molecule has 1 aromatic carbocycles. The zero-order chi connectivity index (χ0) is 16.0. The van der Waals surface area contributed by atoms with Crippen molar-refractivity contribution in [2.75, 3.05) is 13.7 Å². The molecule has 0 bridgehead atoms. The van der Waals surface area contributed by atoms with Crippen LogP contribution in [0.2, 0.25) is 0 Å². The molecule has 2 unspecified atom stereocenters. The maximum atomic E-state index is 5.78. The van der Waals surface area contributed by atoms with Crippen molar-refractivity contribution in [1.82, 2.24) is 5.32 Å². The molecule has 0 spiro atoms. The Hall–Kier alpha value is -0.860. The van der Waals surface area contributed by atoms with E-state index < -0.39 is 0 Å². The first-order valence-corrected chi connectivity index (χ1v) is 8.23. The van der Waals surface area contributed by atoms with Gasteiger partial charge in [-0.05, 0) is 62.8 Å². The minimum Gasteiger partial charge on any atom is -0.380 e. The van der Waals surface area contributed by atoms with Crippen LogP contribution in [-0.2, 0) is 11.2 Å². The van der Waals surface area contributed by atoms with Crippen molar-refractivity contribution in [3.8, 4) is 0 Å². The number of nitrogens with one attached hydrogen (secondary N) is 1. The van der Waals surface area contributed by atoms with Crippen molar-refractivity contribution in [3.63, 3.8) is 0 Å². The maximum Gasteiger partial charge on any atom is 0.0750 e. The summed E-state index contributed by atoms with van der Waals surface area (Å²) in [4.78, 5) is 0. The van der Waals surface area contributed by atoms with Gasteiger partial charge in [0.1, 0.15) is 0 Å². The third kappa shape index (κ3) is 5.12. The van der Waals surface area contributed by atoms with E-state index >= 15 is 0 Å². The summed E-state index contributed by atoms with van der Waals surface area (Å²) in [6, 6.07) is 4.95. The van der Waals surface area contributed by atoms with Gasteiger partial charge < -0.3 is 10.1 Å². The summed E-state index contributed by atoms with van der Waals surface area (Å²) in [5.74, 6) is 0.510. The molecule has 2 atom stereocenters. The number of hydrogen-bond donors (Lipinski definition) is 1. The van der Waals surface area contributed by atoms with Gasteiger partial charge in [-0.3, -0.25) is 0 Å². The van der Waals surface area contributed by atoms with E-state index in [1.54, 1.807) is 0 Å². The normalized spacial score (nSPS) is 14.5. The Labute approximate surface area is 131 Å². The molecular formula is C19H33NO. The Morgan fingerprint density at radius 3 is 2.10 bits per heavy atom. The second-order valence-corrected chi connectivity index (χ2v) is 6.59. The Kier molecular flexibility index (Phi) is 7.41. The lowest BCUT2D eigenvalue weighted by atomic mass is 9.89. The van der Waals surface area contributed by atoms with E-state index in [0.717, 1.165) is 19.4 Å². The molecule has 0 aliphatic rings. The van der Waals surface area contributed by atoms with Crippen molar-refractivity contribution in [2.45, 2.75) is 66.5 Å². The number of hydrogen-bond acceptors (Lipinski definition) is 2. The van der Waals surface area contributed by atoms with Crippen molar-refractivity contribution in [3.05, 3.63) is 34.4 Å². The molecule has 0 aliphatic heterocycles. The third-order valence-corrected chi connectivity index (χ3v) is 4.25. The first-order chi connectivity index (χ1) is 9.90. The molecule has 0 aliphatic carbocycles. The van der Waals surface area contributed by atoms with Gasteiger partial charge in [0.2, 0.25) is 0 Å². The molecule has 1 N–H and O–H groups in total. The van der Waals surface area contributed by atoms with Gasteiger partial charge >= 0.3 is 0 Å². The number of methoxy groups -OCH3 is 1. The largest absolute Gasteiger partial charge is 0.380 e. The van der Waals surface area contributed by atoms with Crippen LogP contribution in [0.5, 0.6) is 0 Å². The van der Waals surface area contributed by atoms with E-state index in [2.05, 4.69) is 59.0 Å². The number of ether oxygens (including phenoxy) is 1. The Balaban J connectivity index is 3.00. The highest BCUT2D eigenvalue weighted by molar-refractivity contribution is 5.38. The molecule has 1 rings (SSSR count). The van der Waals surface area contributed by atoms with E-state index in [1.165, 1.54) is 22.3 Å². The molecule has 2 heteroatoms. The lowest BCUT2D eigenvalue weighted by Gasteiger charge is -2.31. The molecule has 0 fully saturated rings. The van der Waals surface area contributed by atoms with Gasteiger partial charge in [-0.15, -0.1) is 0 Å². The maximum absolute atomic E-state index is 5.78. The van der Waals surface area contributed by atoms with E-state index in [0.29, 0.717) is 12.0 Å². The Bertz CT molecular complexity index is 416. The molecule has 21 heavy (non-hydrogen) atoms. The minimum absolute atomic E-state index is 0.247. The fourth-order valence-electron chi connectivity index (χ4n) is 3.29. The Morgan fingerprint density at radius 1 is 1.10 bits per heavy atom. The fourth-order valence-corrected chi connectivity index (χ4v) is 3.29. The lowest BCUT2D eigenvalue weighted by molar-refractivity contribution is 0.0332. The van der Waals surface area contributed by atoms with Crippen LogP contribution in [0, 0.1) is 26.7 Å². The molecule has 0 saturated carbocycles. The second kappa shape index (κ2) is 8.55. The van der Waals surface area contributed by atoms with E-state index in [9.17, 15) is 0 Å². The van der Waals surface area contributed by atoms with Crippen LogP contribution in [0.15, 0.2) is 12.1 Å². The van der Waals surface area contributed by atoms with Gasteiger partial charge in [0.05, 0.1) is 6.10 Å². The van der Waals surface area contributed by atoms with Gasteiger partial charge in [-0.2, -0.15) is 0 Å². The van der Waals surface area contributed by atoms with Crippen LogP contribution in [0.1, 0.15) is 49.4 Å². The smallest absolute Gasteiger partial charge is 0.0750 e. The SMILES string of the molecule is CCCNC(Cc1c(C)cc(C)cc1C)C(OC)C(C)C. The summed E-state index contributed by atoms with van der Waals surface area (Å²) in [6.45, 7) is 14.4. The van der Waals surface area contributed by atoms with Gasteiger partial charge in [-0.25, -0.2) is 0 Å². The summed E-state index contributed by atoms with van der Waals surface area (Å²) in [5, 5.41) is 3.69. The average molecular weight is 291 g/mol. The molecular weight excluding hydrogens is 258 g/mol. The minimum atomic E-state index is 0.247. The van der Waals surface area contributed by atoms with E-state index in [4.69, 9.17) is 4.74 Å². The van der Waals surface area contributed by atoms with Gasteiger partial charge in [0, 0.05) is 13.2 Å². The van der Waals surface area contributed by atoms with Crippen molar-refractivity contribution in [1.29, 1.82) is 0 Å². The summed E-state index contributed by atoms with van der Waals surface area (Å²) in [7, 11) is 1.83. The quantitative estimate of drug-likeness (QED) is 0.775. The fraction of sp³-hybridized carbons (Fsp3) is 0.684. The monoisotopic (exact) mass is 291 g/mol. The predicted octanol–water partition coefficient (Wildman–Crippen LogP) is 4.19. The Morgan fingerprint density at radius 2 is 1.67 bits per heavy atom. The summed E-state index contributed by atoms with van der Waals surface area (Å²) < 4.78 is 5.78. The second-order valence-electron chi connectivity index (χ2n) is 6.59. The van der Waals surface area contributed by atoms with Gasteiger partial charge in [0.25, 0.3) is 0 Å². The first kappa shape index (κ1) is 18.2. The van der Waals surface area contributed by atoms with E-state index in [-0.39, 0.29) is 6.10 Å². The summed E-state index contributed by atoms with van der Waals surface area (Å²) in [6.07, 6.45) is 2.43. The van der Waals surface area contributed by atoms with Gasteiger partial charge in [-0.1, -0.05) is 38.5 Å². The molecule has 0 amide bonds. The van der Waals surface area contributed by atoms with Crippen molar-refractivity contribution in [2.24, 2.45) is 5.92 Å². The van der Waals surface area contributed by atoms with Gasteiger partial charge in [0.15, 0.2) is 0 Å². The summed E-state index contributed by atoms with van der Waals surface area (Å²) >= 11 is 0. The highest BCUT2D eigenvalue weighted by Gasteiger charge is 2.25. The van der Waals surface area contributed by atoms with Crippen LogP contribution in [0.25, 0.3) is 0 Å².